The number of hydrogen-bond donors (Lipinski definition) is 2. The van der Waals surface area contributed by atoms with Crippen LogP contribution < -0.4 is 15.6 Å². The highest BCUT2D eigenvalue weighted by atomic mass is 16.2. The molecular weight excluding hydrogens is 406 g/mol. The Bertz CT molecular complexity index is 960. The molecule has 2 N–H and O–H groups in total. The second-order valence-electron chi connectivity index (χ2n) is 8.52. The maximum Gasteiger partial charge on any atom is 0.344 e. The van der Waals surface area contributed by atoms with Crippen LogP contribution in [0.25, 0.3) is 0 Å². The summed E-state index contributed by atoms with van der Waals surface area (Å²) in [5, 5.41) is 3.56. The third-order valence-corrected chi connectivity index (χ3v) is 6.11. The van der Waals surface area contributed by atoms with E-state index in [1.165, 1.54) is 5.69 Å². The number of hydrogen-bond acceptors (Lipinski definition) is 5. The Labute approximate surface area is 188 Å². The smallest absolute Gasteiger partial charge is 0.344 e. The average Bonchev–Trinajstić information content (AvgIpc) is 3.03. The molecule has 32 heavy (non-hydrogen) atoms. The average molecular weight is 436 g/mol. The number of benzene rings is 2. The van der Waals surface area contributed by atoms with Crippen LogP contribution in [0, 0.1) is 0 Å². The fourth-order valence-corrected chi connectivity index (χ4v) is 4.16. The number of amides is 4. The quantitative estimate of drug-likeness (QED) is 0.648. The van der Waals surface area contributed by atoms with E-state index in [1.54, 1.807) is 6.92 Å². The van der Waals surface area contributed by atoms with Crippen molar-refractivity contribution in [2.45, 2.75) is 25.3 Å². The number of nitrogens with zero attached hydrogens (tertiary/aromatic N) is 3. The SMILES string of the molecule is CC1(CCc2ccccc2)NC(=O)N(NC(=O)CN2CCN(c3ccccc3)CC2)C1=O. The van der Waals surface area contributed by atoms with Crippen molar-refractivity contribution in [2.75, 3.05) is 37.6 Å². The first-order chi connectivity index (χ1) is 15.4. The van der Waals surface area contributed by atoms with Gasteiger partial charge in [0.05, 0.1) is 6.54 Å². The zero-order valence-corrected chi connectivity index (χ0v) is 18.3. The molecule has 2 heterocycles. The van der Waals surface area contributed by atoms with Crippen LogP contribution in [-0.4, -0.2) is 66.0 Å². The molecule has 2 fully saturated rings. The van der Waals surface area contributed by atoms with E-state index >= 15 is 0 Å². The molecule has 4 rings (SSSR count). The molecule has 0 spiro atoms. The van der Waals surface area contributed by atoms with Crippen LogP contribution in [0.2, 0.25) is 0 Å². The maximum atomic E-state index is 12.9. The number of anilines is 1. The number of carbonyl (C=O) groups excluding carboxylic acids is 3. The second kappa shape index (κ2) is 9.40. The Balaban J connectivity index is 1.27. The van der Waals surface area contributed by atoms with Gasteiger partial charge < -0.3 is 10.2 Å². The minimum absolute atomic E-state index is 0.139. The molecule has 4 amide bonds. The van der Waals surface area contributed by atoms with E-state index in [9.17, 15) is 14.4 Å². The minimum atomic E-state index is -1.04. The van der Waals surface area contributed by atoms with Gasteiger partial charge in [0.2, 0.25) is 0 Å². The van der Waals surface area contributed by atoms with E-state index in [0.717, 1.165) is 36.8 Å². The molecule has 8 nitrogen and oxygen atoms in total. The van der Waals surface area contributed by atoms with Crippen LogP contribution in [-0.2, 0) is 16.0 Å². The van der Waals surface area contributed by atoms with Gasteiger partial charge in [0.25, 0.3) is 11.8 Å². The molecule has 8 heteroatoms. The van der Waals surface area contributed by atoms with Crippen LogP contribution in [0.1, 0.15) is 18.9 Å². The normalized spacial score (nSPS) is 21.5. The fraction of sp³-hybridized carbons (Fsp3) is 0.375. The Morgan fingerprint density at radius 2 is 1.59 bits per heavy atom. The monoisotopic (exact) mass is 435 g/mol. The van der Waals surface area contributed by atoms with Gasteiger partial charge in [0.1, 0.15) is 5.54 Å². The molecular formula is C24H29N5O3. The van der Waals surface area contributed by atoms with E-state index in [2.05, 4.69) is 27.8 Å². The van der Waals surface area contributed by atoms with Gasteiger partial charge in [-0.3, -0.25) is 19.9 Å². The number of para-hydroxylation sites is 1. The third kappa shape index (κ3) is 4.91. The lowest BCUT2D eigenvalue weighted by Gasteiger charge is -2.35. The molecule has 2 aliphatic heterocycles. The molecule has 2 aromatic rings. The number of aryl methyl sites for hydroxylation is 1. The fourth-order valence-electron chi connectivity index (χ4n) is 4.16. The summed E-state index contributed by atoms with van der Waals surface area (Å²) in [6.45, 7) is 4.94. The summed E-state index contributed by atoms with van der Waals surface area (Å²) in [6.07, 6.45) is 1.10. The highest BCUT2D eigenvalue weighted by Crippen LogP contribution is 2.22. The summed E-state index contributed by atoms with van der Waals surface area (Å²) >= 11 is 0. The van der Waals surface area contributed by atoms with E-state index < -0.39 is 17.5 Å². The van der Waals surface area contributed by atoms with E-state index in [1.807, 2.05) is 53.4 Å². The van der Waals surface area contributed by atoms with Gasteiger partial charge in [0, 0.05) is 31.9 Å². The lowest BCUT2D eigenvalue weighted by atomic mass is 9.93. The maximum absolute atomic E-state index is 12.9. The topological polar surface area (TPSA) is 85.0 Å². The van der Waals surface area contributed by atoms with Gasteiger partial charge in [-0.25, -0.2) is 4.79 Å². The number of piperazine rings is 1. The number of rotatable bonds is 7. The summed E-state index contributed by atoms with van der Waals surface area (Å²) < 4.78 is 0. The standard InChI is InChI=1S/C24H29N5O3/c1-24(13-12-19-8-4-2-5-9-19)22(31)29(23(32)25-24)26-21(30)18-27-14-16-28(17-15-27)20-10-6-3-7-11-20/h2-11H,12-18H2,1H3,(H,25,32)(H,26,30). The number of urea groups is 1. The summed E-state index contributed by atoms with van der Waals surface area (Å²) in [4.78, 5) is 42.2. The molecule has 0 radical (unpaired) electrons. The molecule has 1 unspecified atom stereocenters. The van der Waals surface area contributed by atoms with E-state index in [4.69, 9.17) is 0 Å². The lowest BCUT2D eigenvalue weighted by Crippen LogP contribution is -2.54. The van der Waals surface area contributed by atoms with Gasteiger partial charge >= 0.3 is 6.03 Å². The molecule has 168 valence electrons. The lowest BCUT2D eigenvalue weighted by molar-refractivity contribution is -0.139. The van der Waals surface area contributed by atoms with Crippen LogP contribution in [0.4, 0.5) is 10.5 Å². The molecule has 0 aromatic heterocycles. The number of hydrazine groups is 1. The van der Waals surface area contributed by atoms with Gasteiger partial charge in [-0.15, -0.1) is 0 Å². The molecule has 2 aliphatic rings. The largest absolute Gasteiger partial charge is 0.369 e. The number of nitrogens with one attached hydrogen (secondary N) is 2. The Kier molecular flexibility index (Phi) is 6.41. The number of carbonyl (C=O) groups is 3. The van der Waals surface area contributed by atoms with Crippen molar-refractivity contribution in [2.24, 2.45) is 0 Å². The van der Waals surface area contributed by atoms with Crippen molar-refractivity contribution < 1.29 is 14.4 Å². The van der Waals surface area contributed by atoms with Crippen molar-refractivity contribution in [3.63, 3.8) is 0 Å². The highest BCUT2D eigenvalue weighted by Gasteiger charge is 2.48. The van der Waals surface area contributed by atoms with E-state index in [0.29, 0.717) is 12.8 Å². The predicted octanol–water partition coefficient (Wildman–Crippen LogP) is 1.78. The van der Waals surface area contributed by atoms with Crippen molar-refractivity contribution in [1.82, 2.24) is 20.7 Å². The van der Waals surface area contributed by atoms with Crippen molar-refractivity contribution in [3.05, 3.63) is 66.2 Å². The van der Waals surface area contributed by atoms with Crippen LogP contribution in [0.15, 0.2) is 60.7 Å². The first kappa shape index (κ1) is 21.8. The van der Waals surface area contributed by atoms with Crippen LogP contribution in [0.3, 0.4) is 0 Å². The van der Waals surface area contributed by atoms with E-state index in [-0.39, 0.29) is 12.5 Å². The van der Waals surface area contributed by atoms with Gasteiger partial charge in [0.15, 0.2) is 0 Å². The van der Waals surface area contributed by atoms with Crippen molar-refractivity contribution in [3.8, 4) is 0 Å². The summed E-state index contributed by atoms with van der Waals surface area (Å²) in [5.74, 6) is -0.797. The molecule has 0 saturated carbocycles. The van der Waals surface area contributed by atoms with Gasteiger partial charge in [-0.2, -0.15) is 5.01 Å². The van der Waals surface area contributed by atoms with Gasteiger partial charge in [-0.05, 0) is 37.5 Å². The molecule has 1 atom stereocenters. The summed E-state index contributed by atoms with van der Waals surface area (Å²) in [6, 6.07) is 19.4. The first-order valence-electron chi connectivity index (χ1n) is 11.0. The van der Waals surface area contributed by atoms with Crippen LogP contribution in [0.5, 0.6) is 0 Å². The second-order valence-corrected chi connectivity index (χ2v) is 8.52. The summed E-state index contributed by atoms with van der Waals surface area (Å²) in [5.41, 5.74) is 3.72. The van der Waals surface area contributed by atoms with Crippen LogP contribution >= 0.6 is 0 Å². The molecule has 0 bridgehead atoms. The Hall–Kier alpha value is -3.39. The van der Waals surface area contributed by atoms with Crippen molar-refractivity contribution in [1.29, 1.82) is 0 Å². The molecule has 0 aliphatic carbocycles. The molecule has 2 saturated heterocycles. The molecule has 2 aromatic carbocycles. The first-order valence-corrected chi connectivity index (χ1v) is 11.0. The Morgan fingerprint density at radius 1 is 0.969 bits per heavy atom. The van der Waals surface area contributed by atoms with Gasteiger partial charge in [-0.1, -0.05) is 48.5 Å². The Morgan fingerprint density at radius 3 is 2.25 bits per heavy atom. The zero-order valence-electron chi connectivity index (χ0n) is 18.3. The number of imide groups is 1. The summed E-state index contributed by atoms with van der Waals surface area (Å²) in [7, 11) is 0. The minimum Gasteiger partial charge on any atom is -0.369 e. The van der Waals surface area contributed by atoms with Crippen molar-refractivity contribution >= 4 is 23.5 Å². The third-order valence-electron chi connectivity index (χ3n) is 6.11. The zero-order chi connectivity index (χ0) is 22.6. The highest BCUT2D eigenvalue weighted by molar-refractivity contribution is 6.07. The predicted molar refractivity (Wildman–Crippen MR) is 122 cm³/mol.